The molecule has 498 valence electrons. The van der Waals surface area contributed by atoms with Crippen LogP contribution in [0.2, 0.25) is 0 Å². The third-order valence-corrected chi connectivity index (χ3v) is 27.2. The Kier molecular flexibility index (Phi) is 15.2. The topological polar surface area (TPSA) is 0 Å². The lowest BCUT2D eigenvalue weighted by Crippen LogP contribution is -2.31. The first-order valence-corrected chi connectivity index (χ1v) is 40.6. The fourth-order valence-corrected chi connectivity index (χ4v) is 23.4. The first-order chi connectivity index (χ1) is 49.0. The smallest absolute Gasteiger partial charge is 0.0228 e. The Morgan fingerprint density at radius 3 is 0.788 bits per heavy atom. The molecule has 0 spiro atoms. The van der Waals surface area contributed by atoms with Crippen LogP contribution in [-0.2, 0) is 16.2 Å². The van der Waals surface area contributed by atoms with E-state index < -0.39 is 0 Å². The zero-order valence-electron chi connectivity index (χ0n) is 60.6. The van der Waals surface area contributed by atoms with E-state index in [0.717, 1.165) is 0 Å². The van der Waals surface area contributed by atoms with Crippen LogP contribution in [0.4, 0.5) is 0 Å². The van der Waals surface area contributed by atoms with Gasteiger partial charge in [0.25, 0.3) is 0 Å². The normalized spacial score (nSPS) is 15.2. The molecule has 3 aliphatic rings. The maximum Gasteiger partial charge on any atom is 0.0228 e. The molecule has 0 heterocycles. The molecule has 16 aromatic carbocycles. The molecule has 0 radical (unpaired) electrons. The Balaban J connectivity index is 1.08. The van der Waals surface area contributed by atoms with Crippen molar-refractivity contribution < 1.29 is 0 Å². The molecule has 0 heteroatoms. The zero-order chi connectivity index (χ0) is 66.5. The minimum absolute atomic E-state index is 0.103. The summed E-state index contributed by atoms with van der Waals surface area (Å²) in [5.74, 6) is 0. The van der Waals surface area contributed by atoms with Crippen LogP contribution in [0, 0.1) is 0 Å². The molecule has 0 nitrogen and oxygen atoms in total. The van der Waals surface area contributed by atoms with Crippen molar-refractivity contribution >= 4 is 129 Å². The fourth-order valence-electron chi connectivity index (χ4n) is 23.4. The van der Waals surface area contributed by atoms with Crippen molar-refractivity contribution in [3.8, 4) is 33.4 Å². The van der Waals surface area contributed by atoms with E-state index in [1.165, 1.54) is 306 Å². The monoisotopic (exact) mass is 1290 g/mol. The Labute approximate surface area is 588 Å². The van der Waals surface area contributed by atoms with Gasteiger partial charge in [-0.25, -0.2) is 0 Å². The molecule has 0 saturated carbocycles. The molecule has 0 N–H and O–H groups in total. The summed E-state index contributed by atoms with van der Waals surface area (Å²) in [6, 6.07) is 61.1. The first kappa shape index (κ1) is 62.2. The molecule has 0 aliphatic heterocycles. The largest absolute Gasteiger partial charge is 0.0654 e. The van der Waals surface area contributed by atoms with Gasteiger partial charge in [-0.15, -0.1) is 0 Å². The average molecular weight is 1290 g/mol. The molecule has 0 fully saturated rings. The summed E-state index contributed by atoms with van der Waals surface area (Å²) >= 11 is 0. The van der Waals surface area contributed by atoms with Gasteiger partial charge in [-0.2, -0.15) is 0 Å². The minimum Gasteiger partial charge on any atom is -0.0654 e. The SMILES string of the molecule is CCCCCCC1(CCCCCC)c2ccccc2-c2c1c1c(c3c2C(CCCCCC)(CCCCCC)c2c-3cc3c4cccc5c6cccc7c8cccc9c%10cccc%11c%12cccc%13c2c3c2c(c54)c(c76)c(c89)c(c%10%11)c2c%12%13)C(CCCCCC)(CCCCCC)c2ccccc2-1. The summed E-state index contributed by atoms with van der Waals surface area (Å²) in [6.45, 7) is 14.6. The van der Waals surface area contributed by atoms with Gasteiger partial charge in [0.1, 0.15) is 0 Å². The van der Waals surface area contributed by atoms with Crippen molar-refractivity contribution in [2.45, 2.75) is 250 Å². The highest BCUT2D eigenvalue weighted by Crippen LogP contribution is 2.74. The van der Waals surface area contributed by atoms with Crippen molar-refractivity contribution in [2.24, 2.45) is 0 Å². The Hall–Kier alpha value is -7.80. The van der Waals surface area contributed by atoms with Crippen molar-refractivity contribution in [1.82, 2.24) is 0 Å². The number of benzene rings is 16. The maximum absolute atomic E-state index is 2.98. The lowest BCUT2D eigenvalue weighted by molar-refractivity contribution is 0.390. The summed E-state index contributed by atoms with van der Waals surface area (Å²) in [5.41, 5.74) is 19.8. The van der Waals surface area contributed by atoms with E-state index in [-0.39, 0.29) is 16.2 Å². The van der Waals surface area contributed by atoms with Crippen LogP contribution in [-0.4, -0.2) is 0 Å². The van der Waals surface area contributed by atoms with E-state index in [9.17, 15) is 0 Å². The molecule has 0 saturated heterocycles. The number of rotatable bonds is 30. The first-order valence-electron chi connectivity index (χ1n) is 40.6. The molecule has 99 heavy (non-hydrogen) atoms. The van der Waals surface area contributed by atoms with Crippen LogP contribution in [0.25, 0.3) is 163 Å². The lowest BCUT2D eigenvalue weighted by atomic mass is 9.63. The van der Waals surface area contributed by atoms with Crippen LogP contribution in [0.15, 0.2) is 146 Å². The van der Waals surface area contributed by atoms with Gasteiger partial charge in [0, 0.05) is 16.2 Å². The van der Waals surface area contributed by atoms with Crippen molar-refractivity contribution in [3.63, 3.8) is 0 Å². The summed E-state index contributed by atoms with van der Waals surface area (Å²) in [7, 11) is 0. The van der Waals surface area contributed by atoms with Gasteiger partial charge in [0.2, 0.25) is 0 Å². The molecular weight excluding hydrogens is 1190 g/mol. The van der Waals surface area contributed by atoms with Crippen LogP contribution in [0.3, 0.4) is 0 Å². The Morgan fingerprint density at radius 2 is 0.455 bits per heavy atom. The fraction of sp³-hybridized carbons (Fsp3) is 0.394. The molecule has 0 amide bonds. The highest BCUT2D eigenvalue weighted by Gasteiger charge is 2.58. The number of fused-ring (bicyclic) bond motifs is 19. The molecule has 19 rings (SSSR count). The zero-order valence-corrected chi connectivity index (χ0v) is 60.6. The Bertz CT molecular complexity index is 5610. The summed E-state index contributed by atoms with van der Waals surface area (Å²) in [5, 5.41) is 35.4. The third-order valence-electron chi connectivity index (χ3n) is 27.2. The molecular formula is C99H102. The molecule has 3 aliphatic carbocycles. The quantitative estimate of drug-likeness (QED) is 0.0239. The number of unbranched alkanes of at least 4 members (excludes halogenated alkanes) is 18. The van der Waals surface area contributed by atoms with Gasteiger partial charge in [-0.1, -0.05) is 335 Å². The molecule has 0 atom stereocenters. The van der Waals surface area contributed by atoms with Gasteiger partial charge in [0.15, 0.2) is 0 Å². The molecule has 16 aromatic rings. The highest BCUT2D eigenvalue weighted by molar-refractivity contribution is 6.61. The van der Waals surface area contributed by atoms with Gasteiger partial charge in [-0.05, 0) is 241 Å². The van der Waals surface area contributed by atoms with E-state index in [2.05, 4.69) is 187 Å². The third kappa shape index (κ3) is 8.33. The van der Waals surface area contributed by atoms with E-state index >= 15 is 0 Å². The molecule has 0 aromatic heterocycles. The summed E-state index contributed by atoms with van der Waals surface area (Å²) < 4.78 is 0. The van der Waals surface area contributed by atoms with Crippen LogP contribution in [0.1, 0.15) is 268 Å². The van der Waals surface area contributed by atoms with Crippen molar-refractivity contribution in [1.29, 1.82) is 0 Å². The van der Waals surface area contributed by atoms with E-state index in [0.29, 0.717) is 0 Å². The summed E-state index contributed by atoms with van der Waals surface area (Å²) in [4.78, 5) is 0. The number of hydrogen-bond donors (Lipinski definition) is 0. The minimum atomic E-state index is -0.260. The lowest BCUT2D eigenvalue weighted by Gasteiger charge is -2.40. The highest BCUT2D eigenvalue weighted by atomic mass is 14.6. The second-order valence-corrected chi connectivity index (χ2v) is 32.4. The predicted octanol–water partition coefficient (Wildman–Crippen LogP) is 30.8. The van der Waals surface area contributed by atoms with Crippen LogP contribution >= 0.6 is 0 Å². The maximum atomic E-state index is 2.98. The van der Waals surface area contributed by atoms with Crippen LogP contribution < -0.4 is 0 Å². The molecule has 0 bridgehead atoms. The second kappa shape index (κ2) is 24.2. The van der Waals surface area contributed by atoms with Crippen molar-refractivity contribution in [3.05, 3.63) is 179 Å². The van der Waals surface area contributed by atoms with Gasteiger partial charge >= 0.3 is 0 Å². The van der Waals surface area contributed by atoms with E-state index in [4.69, 9.17) is 0 Å². The van der Waals surface area contributed by atoms with Gasteiger partial charge in [0.05, 0.1) is 0 Å². The average Bonchev–Trinajstić information content (AvgIpc) is 1.61. The van der Waals surface area contributed by atoms with E-state index in [1.54, 1.807) is 82.9 Å². The Morgan fingerprint density at radius 1 is 0.192 bits per heavy atom. The van der Waals surface area contributed by atoms with Crippen LogP contribution in [0.5, 0.6) is 0 Å². The predicted molar refractivity (Wildman–Crippen MR) is 435 cm³/mol. The van der Waals surface area contributed by atoms with Crippen molar-refractivity contribution in [2.75, 3.05) is 0 Å². The van der Waals surface area contributed by atoms with Gasteiger partial charge < -0.3 is 0 Å². The van der Waals surface area contributed by atoms with Gasteiger partial charge in [-0.3, -0.25) is 0 Å². The number of hydrogen-bond acceptors (Lipinski definition) is 0. The van der Waals surface area contributed by atoms with E-state index in [1.807, 2.05) is 0 Å². The standard InChI is InChI=1S/C99H102/c1-7-13-19-29-54-97(55-30-20-14-8-2)76-53-28-26-41-71(76)85-94(97)84-70-40-25-27-52-75(70)98(56-31-21-15-9-3,57-32-22-16-10-4)95(84)86-74-60-73-69-50-38-48-66-65-46-36-44-63-61-42-35-43-62-64-45-37-47-67-68-49-39-51-72-81(68)91-89(79(64)67)87(77(61)62)88(78(63)65)90(80(66)69)92(91)82(73)83(72)93(74)99(96(85)86,58-33-23-17-11-5)59-34-24-18-12-6/h25-28,35-53,60H,7-24,29-34,54-59H2,1-6H3. The molecule has 0 unspecified atom stereocenters. The summed E-state index contributed by atoms with van der Waals surface area (Å²) in [6.07, 6.45) is 37.8. The second-order valence-electron chi connectivity index (χ2n) is 32.4.